The third kappa shape index (κ3) is 8.63. The number of quaternary nitrogens is 1. The Labute approximate surface area is 312 Å². The molecule has 2 aliphatic rings. The maximum Gasteiger partial charge on any atom is 0.281 e. The van der Waals surface area contributed by atoms with Crippen LogP contribution in [0.15, 0.2) is 41.3 Å². The van der Waals surface area contributed by atoms with Crippen LogP contribution in [0.1, 0.15) is 61.8 Å². The maximum absolute atomic E-state index is 14.2. The number of amides is 2. The summed E-state index contributed by atoms with van der Waals surface area (Å²) in [5, 5.41) is 1.13. The van der Waals surface area contributed by atoms with E-state index in [1.807, 2.05) is 58.1 Å². The highest BCUT2D eigenvalue weighted by atomic mass is 35.5. The largest absolute Gasteiger partial charge is 0.487 e. The number of benzene rings is 2. The van der Waals surface area contributed by atoms with Gasteiger partial charge in [0.25, 0.3) is 5.91 Å². The van der Waals surface area contributed by atoms with Crippen molar-refractivity contribution in [1.29, 1.82) is 0 Å². The summed E-state index contributed by atoms with van der Waals surface area (Å²) >= 11 is 13.4. The number of aromatic nitrogens is 1. The Balaban J connectivity index is 1.31. The summed E-state index contributed by atoms with van der Waals surface area (Å²) in [4.78, 5) is 35.8. The van der Waals surface area contributed by atoms with Gasteiger partial charge in [0.2, 0.25) is 15.9 Å². The molecule has 5 rings (SSSR count). The summed E-state index contributed by atoms with van der Waals surface area (Å²) in [6.07, 6.45) is 4.61. The molecule has 2 heterocycles. The van der Waals surface area contributed by atoms with E-state index < -0.39 is 15.6 Å². The van der Waals surface area contributed by atoms with E-state index in [2.05, 4.69) is 9.71 Å². The molecule has 1 aliphatic heterocycles. The number of sulfonamides is 1. The van der Waals surface area contributed by atoms with Gasteiger partial charge in [-0.25, -0.2) is 13.4 Å². The molecule has 2 amide bonds. The first-order valence-corrected chi connectivity index (χ1v) is 19.9. The van der Waals surface area contributed by atoms with E-state index in [4.69, 9.17) is 33.7 Å². The minimum atomic E-state index is -4.28. The van der Waals surface area contributed by atoms with Crippen molar-refractivity contribution in [3.8, 4) is 5.75 Å². The second-order valence-corrected chi connectivity index (χ2v) is 17.2. The molecule has 51 heavy (non-hydrogen) atoms. The Hall–Kier alpha value is -3.00. The highest BCUT2D eigenvalue weighted by Gasteiger charge is 2.48. The number of hydrogen-bond acceptors (Lipinski definition) is 7. The van der Waals surface area contributed by atoms with Gasteiger partial charge in [0, 0.05) is 54.3 Å². The van der Waals surface area contributed by atoms with Crippen molar-refractivity contribution in [2.45, 2.75) is 81.9 Å². The molecule has 2 aromatic carbocycles. The van der Waals surface area contributed by atoms with Gasteiger partial charge in [0.05, 0.1) is 26.2 Å². The van der Waals surface area contributed by atoms with Crippen molar-refractivity contribution in [3.63, 3.8) is 0 Å². The summed E-state index contributed by atoms with van der Waals surface area (Å²) in [6.45, 7) is 5.84. The number of unbranched alkanes of at least 4 members (excludes halogenated alkanes) is 1. The number of ether oxygens (including phenoxy) is 1. The van der Waals surface area contributed by atoms with E-state index in [1.165, 1.54) is 12.1 Å². The molecule has 11 nitrogen and oxygen atoms in total. The first kappa shape index (κ1) is 39.2. The smallest absolute Gasteiger partial charge is 0.281 e. The van der Waals surface area contributed by atoms with Crippen LogP contribution in [0.3, 0.4) is 0 Å². The Bertz CT molecular complexity index is 1870. The molecule has 1 saturated carbocycles. The van der Waals surface area contributed by atoms with Crippen LogP contribution in [0.25, 0.3) is 10.9 Å². The second kappa shape index (κ2) is 15.9. The van der Waals surface area contributed by atoms with Crippen molar-refractivity contribution in [2.24, 2.45) is 5.73 Å². The number of carbonyl (C=O) groups is 2. The fourth-order valence-electron chi connectivity index (χ4n) is 7.36. The average Bonchev–Trinajstić information content (AvgIpc) is 3.54. The lowest BCUT2D eigenvalue weighted by molar-refractivity contribution is -0.887. The first-order valence-electron chi connectivity index (χ1n) is 17.7. The zero-order valence-electron chi connectivity index (χ0n) is 30.3. The lowest BCUT2D eigenvalue weighted by atomic mass is 9.96. The average molecular weight is 763 g/mol. The summed E-state index contributed by atoms with van der Waals surface area (Å²) < 4.78 is 37.6. The number of hydrogen-bond donors (Lipinski definition) is 2. The fraction of sp³-hybridized carbons (Fsp3) is 0.541. The fourth-order valence-corrected chi connectivity index (χ4v) is 9.66. The summed E-state index contributed by atoms with van der Waals surface area (Å²) in [7, 11) is 1.79. The monoisotopic (exact) mass is 761 g/mol. The van der Waals surface area contributed by atoms with Crippen LogP contribution in [0, 0.1) is 13.8 Å². The van der Waals surface area contributed by atoms with E-state index in [-0.39, 0.29) is 39.4 Å². The number of piperazine rings is 1. The number of nitrogens with zero attached hydrogens (tertiary/aromatic N) is 4. The molecule has 0 bridgehead atoms. The topological polar surface area (TPSA) is 135 Å². The number of pyridine rings is 1. The highest BCUT2D eigenvalue weighted by molar-refractivity contribution is 7.89. The first-order chi connectivity index (χ1) is 24.1. The molecule has 0 unspecified atom stereocenters. The van der Waals surface area contributed by atoms with Gasteiger partial charge < -0.3 is 24.8 Å². The van der Waals surface area contributed by atoms with E-state index in [9.17, 15) is 18.0 Å². The van der Waals surface area contributed by atoms with Crippen molar-refractivity contribution in [3.05, 3.63) is 63.3 Å². The number of nitrogens with two attached hydrogens (primary N) is 1. The van der Waals surface area contributed by atoms with E-state index >= 15 is 0 Å². The standard InChI is InChI=1S/C37H51Cl2N6O5S/c1-25-23-26(2)41-34-27(25)11-10-13-31(34)50-24-28-29(38)14-15-32(33(28)39)51(48,49)42-37(16-7-8-17-37)36(47)44-21-19-43(20-22-44)35(46)30(45(3,4)5)12-6-9-18-40/h10-11,13-15,23,30,42H,6-9,12,16-22,24,40H2,1-5H3/q+1/t30-/m0/s1. The highest BCUT2D eigenvalue weighted by Crippen LogP contribution is 2.37. The van der Waals surface area contributed by atoms with Gasteiger partial charge >= 0.3 is 0 Å². The molecule has 1 aromatic heterocycles. The lowest BCUT2D eigenvalue weighted by Crippen LogP contribution is -2.63. The van der Waals surface area contributed by atoms with Crippen molar-refractivity contribution >= 4 is 55.9 Å². The lowest BCUT2D eigenvalue weighted by Gasteiger charge is -2.42. The van der Waals surface area contributed by atoms with Gasteiger partial charge in [-0.15, -0.1) is 0 Å². The van der Waals surface area contributed by atoms with Crippen LogP contribution in [0.2, 0.25) is 10.0 Å². The molecule has 278 valence electrons. The van der Waals surface area contributed by atoms with Crippen LogP contribution in [-0.4, -0.2) is 105 Å². The van der Waals surface area contributed by atoms with Gasteiger partial charge in [-0.05, 0) is 75.9 Å². The second-order valence-electron chi connectivity index (χ2n) is 14.8. The molecular weight excluding hydrogens is 711 g/mol. The van der Waals surface area contributed by atoms with Gasteiger partial charge in [-0.3, -0.25) is 9.59 Å². The summed E-state index contributed by atoms with van der Waals surface area (Å²) in [5.41, 5.74) is 7.29. The maximum atomic E-state index is 14.2. The summed E-state index contributed by atoms with van der Waals surface area (Å²) in [6, 6.07) is 10.3. The van der Waals surface area contributed by atoms with Crippen molar-refractivity contribution in [1.82, 2.24) is 19.5 Å². The predicted molar refractivity (Wildman–Crippen MR) is 201 cm³/mol. The zero-order valence-corrected chi connectivity index (χ0v) is 32.6. The molecule has 3 aromatic rings. The third-order valence-electron chi connectivity index (χ3n) is 10.2. The molecule has 1 saturated heterocycles. The van der Waals surface area contributed by atoms with Gasteiger partial charge in [0.15, 0.2) is 6.04 Å². The van der Waals surface area contributed by atoms with Gasteiger partial charge in [-0.1, -0.05) is 48.2 Å². The van der Waals surface area contributed by atoms with Crippen LogP contribution in [0.5, 0.6) is 5.75 Å². The number of aryl methyl sites for hydroxylation is 2. The Morgan fingerprint density at radius 1 is 1.02 bits per heavy atom. The Morgan fingerprint density at radius 3 is 2.33 bits per heavy atom. The molecule has 0 spiro atoms. The van der Waals surface area contributed by atoms with Crippen molar-refractivity contribution < 1.29 is 27.2 Å². The molecule has 14 heteroatoms. The number of halogens is 2. The molecule has 1 aliphatic carbocycles. The number of rotatable bonds is 13. The molecular formula is C37H51Cl2N6O5S+. The minimum absolute atomic E-state index is 0.0680. The number of nitrogens with one attached hydrogen (secondary N) is 1. The molecule has 3 N–H and O–H groups in total. The van der Waals surface area contributed by atoms with Crippen LogP contribution in [-0.2, 0) is 26.2 Å². The summed E-state index contributed by atoms with van der Waals surface area (Å²) in [5.74, 6) is 0.321. The third-order valence-corrected chi connectivity index (χ3v) is 12.7. The quantitative estimate of drug-likeness (QED) is 0.181. The SMILES string of the molecule is Cc1cc(C)c2cccc(OCc3c(Cl)ccc(S(=O)(=O)NC4(C(=O)N5CCN(C(=O)[C@H](CCCCN)[N+](C)(C)C)CC5)CCCC4)c3Cl)c2n1. The van der Waals surface area contributed by atoms with Gasteiger partial charge in [-0.2, -0.15) is 4.72 Å². The van der Waals surface area contributed by atoms with Crippen molar-refractivity contribution in [2.75, 3.05) is 53.9 Å². The van der Waals surface area contributed by atoms with Gasteiger partial charge in [0.1, 0.15) is 28.3 Å². The number of likely N-dealkylation sites (N-methyl/N-ethyl adjacent to an activating group) is 1. The number of fused-ring (bicyclic) bond motifs is 1. The van der Waals surface area contributed by atoms with E-state index in [1.54, 1.807) is 11.0 Å². The van der Waals surface area contributed by atoms with E-state index in [0.717, 1.165) is 35.9 Å². The molecule has 2 fully saturated rings. The normalized spacial score (nSPS) is 17.2. The Morgan fingerprint density at radius 2 is 1.69 bits per heavy atom. The van der Waals surface area contributed by atoms with Crippen LogP contribution < -0.4 is 15.2 Å². The minimum Gasteiger partial charge on any atom is -0.487 e. The van der Waals surface area contributed by atoms with Crippen LogP contribution >= 0.6 is 23.2 Å². The van der Waals surface area contributed by atoms with E-state index in [0.29, 0.717) is 79.7 Å². The zero-order chi connectivity index (χ0) is 37.1. The number of para-hydroxylation sites is 1. The predicted octanol–water partition coefficient (Wildman–Crippen LogP) is 5.20. The number of carbonyl (C=O) groups excluding carboxylic acids is 2. The van der Waals surface area contributed by atoms with Crippen LogP contribution in [0.4, 0.5) is 0 Å². The molecule has 1 atom stereocenters. The Kier molecular flexibility index (Phi) is 12.3. The molecule has 0 radical (unpaired) electrons.